The summed E-state index contributed by atoms with van der Waals surface area (Å²) in [6.45, 7) is 3.72. The van der Waals surface area contributed by atoms with Gasteiger partial charge in [0.1, 0.15) is 21.7 Å². The molecule has 9 heteroatoms. The molecule has 168 valence electrons. The van der Waals surface area contributed by atoms with E-state index in [9.17, 15) is 14.4 Å². The molecule has 0 aliphatic rings. The highest BCUT2D eigenvalue weighted by atomic mass is 79.9. The zero-order chi connectivity index (χ0) is 23.7. The summed E-state index contributed by atoms with van der Waals surface area (Å²) in [6.07, 6.45) is 0. The summed E-state index contributed by atoms with van der Waals surface area (Å²) in [6, 6.07) is 13.6. The van der Waals surface area contributed by atoms with Crippen molar-refractivity contribution < 1.29 is 18.7 Å². The number of ether oxygens (including phenoxy) is 1. The number of carbonyl (C=O) groups is 2. The van der Waals surface area contributed by atoms with Gasteiger partial charge in [0.05, 0.1) is 6.61 Å². The average Bonchev–Trinajstić information content (AvgIpc) is 3.09. The first kappa shape index (κ1) is 23.2. The van der Waals surface area contributed by atoms with Crippen LogP contribution in [0.25, 0.3) is 22.1 Å². The Morgan fingerprint density at radius 1 is 1.15 bits per heavy atom. The second-order valence-corrected chi connectivity index (χ2v) is 9.63. The monoisotopic (exact) mass is 545 g/mol. The predicted molar refractivity (Wildman–Crippen MR) is 134 cm³/mol. The Morgan fingerprint density at radius 2 is 1.88 bits per heavy atom. The SMILES string of the molecule is CCOC(=O)c1c(NC(=O)c2cc3cc(Br)ccc3oc2=O)sc(C)c1-c1ccc(Cl)cc1. The molecule has 0 unspecified atom stereocenters. The number of fused-ring (bicyclic) bond motifs is 1. The lowest BCUT2D eigenvalue weighted by Crippen LogP contribution is -2.21. The van der Waals surface area contributed by atoms with Crippen LogP contribution in [0.3, 0.4) is 0 Å². The first-order chi connectivity index (χ1) is 15.8. The van der Waals surface area contributed by atoms with Crippen molar-refractivity contribution in [3.8, 4) is 11.1 Å². The van der Waals surface area contributed by atoms with Gasteiger partial charge >= 0.3 is 11.6 Å². The number of rotatable bonds is 5. The third kappa shape index (κ3) is 4.73. The van der Waals surface area contributed by atoms with Crippen LogP contribution in [0.15, 0.2) is 62.2 Å². The van der Waals surface area contributed by atoms with Crippen molar-refractivity contribution in [3.05, 3.63) is 84.5 Å². The third-order valence-corrected chi connectivity index (χ3v) is 6.63. The fourth-order valence-electron chi connectivity index (χ4n) is 3.42. The van der Waals surface area contributed by atoms with E-state index in [0.717, 1.165) is 14.9 Å². The molecule has 0 saturated carbocycles. The molecule has 0 radical (unpaired) electrons. The van der Waals surface area contributed by atoms with E-state index in [1.54, 1.807) is 49.4 Å². The van der Waals surface area contributed by atoms with Gasteiger partial charge < -0.3 is 14.5 Å². The molecule has 0 fully saturated rings. The molecule has 6 nitrogen and oxygen atoms in total. The lowest BCUT2D eigenvalue weighted by atomic mass is 10.0. The first-order valence-corrected chi connectivity index (χ1v) is 11.9. The summed E-state index contributed by atoms with van der Waals surface area (Å²) in [5.74, 6) is -1.25. The Kier molecular flexibility index (Phi) is 6.69. The molecule has 0 aliphatic carbocycles. The molecule has 0 aliphatic heterocycles. The minimum Gasteiger partial charge on any atom is -0.462 e. The van der Waals surface area contributed by atoms with E-state index in [4.69, 9.17) is 20.8 Å². The quantitative estimate of drug-likeness (QED) is 0.223. The van der Waals surface area contributed by atoms with Gasteiger partial charge in [0.2, 0.25) is 0 Å². The van der Waals surface area contributed by atoms with E-state index in [-0.39, 0.29) is 22.7 Å². The number of thiophene rings is 1. The zero-order valence-electron chi connectivity index (χ0n) is 17.5. The number of hydrogen-bond donors (Lipinski definition) is 1. The molecule has 4 aromatic rings. The molecule has 2 aromatic carbocycles. The van der Waals surface area contributed by atoms with E-state index in [1.165, 1.54) is 17.4 Å². The molecular formula is C24H17BrClNO5S. The van der Waals surface area contributed by atoms with Gasteiger partial charge in [0.15, 0.2) is 0 Å². The van der Waals surface area contributed by atoms with Crippen molar-refractivity contribution in [3.63, 3.8) is 0 Å². The molecule has 1 N–H and O–H groups in total. The summed E-state index contributed by atoms with van der Waals surface area (Å²) >= 11 is 10.6. The fraction of sp³-hybridized carbons (Fsp3) is 0.125. The summed E-state index contributed by atoms with van der Waals surface area (Å²) in [5, 5.41) is 4.15. The average molecular weight is 547 g/mol. The van der Waals surface area contributed by atoms with E-state index in [1.807, 2.05) is 6.92 Å². The third-order valence-electron chi connectivity index (χ3n) is 4.86. The highest BCUT2D eigenvalue weighted by Crippen LogP contribution is 2.41. The van der Waals surface area contributed by atoms with Crippen LogP contribution in [-0.4, -0.2) is 18.5 Å². The number of carbonyl (C=O) groups excluding carboxylic acids is 2. The predicted octanol–water partition coefficient (Wildman–Crippen LogP) is 6.67. The highest BCUT2D eigenvalue weighted by Gasteiger charge is 2.26. The molecular weight excluding hydrogens is 530 g/mol. The molecule has 2 heterocycles. The van der Waals surface area contributed by atoms with Crippen molar-refractivity contribution >= 4 is 66.7 Å². The molecule has 0 spiro atoms. The minimum absolute atomic E-state index is 0.171. The summed E-state index contributed by atoms with van der Waals surface area (Å²) < 4.78 is 11.3. The Hall–Kier alpha value is -2.94. The normalized spacial score (nSPS) is 10.9. The second-order valence-electron chi connectivity index (χ2n) is 7.05. The number of benzene rings is 2. The second kappa shape index (κ2) is 9.51. The van der Waals surface area contributed by atoms with Crippen LogP contribution in [0.1, 0.15) is 32.5 Å². The first-order valence-electron chi connectivity index (χ1n) is 9.89. The maximum Gasteiger partial charge on any atom is 0.349 e. The maximum absolute atomic E-state index is 13.1. The molecule has 0 bridgehead atoms. The summed E-state index contributed by atoms with van der Waals surface area (Å²) in [7, 11) is 0. The van der Waals surface area contributed by atoms with E-state index < -0.39 is 17.5 Å². The van der Waals surface area contributed by atoms with Crippen LogP contribution in [0, 0.1) is 6.92 Å². The number of aryl methyl sites for hydroxylation is 1. The van der Waals surface area contributed by atoms with Crippen LogP contribution < -0.4 is 10.9 Å². The van der Waals surface area contributed by atoms with Crippen molar-refractivity contribution in [1.82, 2.24) is 0 Å². The van der Waals surface area contributed by atoms with Gasteiger partial charge in [0.25, 0.3) is 5.91 Å². The smallest absolute Gasteiger partial charge is 0.349 e. The van der Waals surface area contributed by atoms with Gasteiger partial charge in [-0.3, -0.25) is 4.79 Å². The number of amides is 1. The number of nitrogens with one attached hydrogen (secondary N) is 1. The Morgan fingerprint density at radius 3 is 2.58 bits per heavy atom. The number of esters is 1. The molecule has 33 heavy (non-hydrogen) atoms. The van der Waals surface area contributed by atoms with Crippen LogP contribution >= 0.6 is 38.9 Å². The molecule has 0 saturated heterocycles. The summed E-state index contributed by atoms with van der Waals surface area (Å²) in [4.78, 5) is 39.2. The lowest BCUT2D eigenvalue weighted by Gasteiger charge is -2.09. The Labute approximate surface area is 206 Å². The minimum atomic E-state index is -0.772. The van der Waals surface area contributed by atoms with Crippen LogP contribution in [0.2, 0.25) is 5.02 Å². The molecule has 2 aromatic heterocycles. The van der Waals surface area contributed by atoms with Crippen molar-refractivity contribution in [2.75, 3.05) is 11.9 Å². The van der Waals surface area contributed by atoms with Gasteiger partial charge in [-0.05, 0) is 55.8 Å². The lowest BCUT2D eigenvalue weighted by molar-refractivity contribution is 0.0529. The fourth-order valence-corrected chi connectivity index (χ4v) is 4.98. The van der Waals surface area contributed by atoms with Gasteiger partial charge in [-0.1, -0.05) is 39.7 Å². The summed E-state index contributed by atoms with van der Waals surface area (Å²) in [5.41, 5.74) is 1.04. The molecule has 1 amide bonds. The van der Waals surface area contributed by atoms with Crippen molar-refractivity contribution in [1.29, 1.82) is 0 Å². The number of anilines is 1. The van der Waals surface area contributed by atoms with Crippen LogP contribution in [-0.2, 0) is 4.74 Å². The highest BCUT2D eigenvalue weighted by molar-refractivity contribution is 9.10. The standard InChI is InChI=1S/C24H17BrClNO5S/c1-3-31-24(30)20-19(13-4-7-16(26)8-5-13)12(2)33-22(20)27-21(28)17-11-14-10-15(25)6-9-18(14)32-23(17)29/h4-11H,3H2,1-2H3,(H,27,28). The Bertz CT molecular complexity index is 1440. The van der Waals surface area contributed by atoms with Crippen LogP contribution in [0.4, 0.5) is 5.00 Å². The largest absolute Gasteiger partial charge is 0.462 e. The van der Waals surface area contributed by atoms with Gasteiger partial charge in [-0.15, -0.1) is 11.3 Å². The van der Waals surface area contributed by atoms with Gasteiger partial charge in [-0.2, -0.15) is 0 Å². The van der Waals surface area contributed by atoms with Gasteiger partial charge in [-0.25, -0.2) is 9.59 Å². The van der Waals surface area contributed by atoms with Crippen molar-refractivity contribution in [2.45, 2.75) is 13.8 Å². The topological polar surface area (TPSA) is 85.6 Å². The van der Waals surface area contributed by atoms with E-state index >= 15 is 0 Å². The Balaban J connectivity index is 1.78. The van der Waals surface area contributed by atoms with E-state index in [2.05, 4.69) is 21.2 Å². The number of halogens is 2. The van der Waals surface area contributed by atoms with Gasteiger partial charge in [0, 0.05) is 25.3 Å². The van der Waals surface area contributed by atoms with Crippen LogP contribution in [0.5, 0.6) is 0 Å². The molecule has 4 rings (SSSR count). The number of hydrogen-bond acceptors (Lipinski definition) is 6. The van der Waals surface area contributed by atoms with E-state index in [0.29, 0.717) is 21.6 Å². The molecule has 0 atom stereocenters. The van der Waals surface area contributed by atoms with Crippen molar-refractivity contribution in [2.24, 2.45) is 0 Å². The zero-order valence-corrected chi connectivity index (χ0v) is 20.7. The maximum atomic E-state index is 13.1.